The van der Waals surface area contributed by atoms with Crippen LogP contribution in [0.1, 0.15) is 17.3 Å². The number of thiol groups is 1. The predicted molar refractivity (Wildman–Crippen MR) is 45.0 cm³/mol. The first-order valence-electron chi connectivity index (χ1n) is 3.36. The molecule has 0 saturated carbocycles. The van der Waals surface area contributed by atoms with Crippen molar-refractivity contribution in [1.29, 1.82) is 0 Å². The number of benzene rings is 1. The highest BCUT2D eigenvalue weighted by atomic mass is 32.2. The summed E-state index contributed by atoms with van der Waals surface area (Å²) in [6.45, 7) is 1.44. The third-order valence-electron chi connectivity index (χ3n) is 1.48. The lowest BCUT2D eigenvalue weighted by Crippen LogP contribution is -1.91. The average Bonchev–Trinajstić information content (AvgIpc) is 2.04. The number of ketones is 1. The van der Waals surface area contributed by atoms with E-state index >= 15 is 0 Å². The standard InChI is InChI=1S/C8H8O3S/c1-6(9)7-2-4-8(5-3-7)12(10)11/h2-5,12H,1H3. The number of carbonyl (C=O) groups is 1. The van der Waals surface area contributed by atoms with E-state index in [4.69, 9.17) is 0 Å². The second-order valence-corrected chi connectivity index (χ2v) is 3.39. The summed E-state index contributed by atoms with van der Waals surface area (Å²) in [6.07, 6.45) is 0. The average molecular weight is 184 g/mol. The highest BCUT2D eigenvalue weighted by molar-refractivity contribution is 7.72. The molecule has 1 rings (SSSR count). The summed E-state index contributed by atoms with van der Waals surface area (Å²) in [4.78, 5) is 11.0. The zero-order chi connectivity index (χ0) is 9.14. The highest BCUT2D eigenvalue weighted by Crippen LogP contribution is 2.05. The van der Waals surface area contributed by atoms with E-state index in [0.29, 0.717) is 5.56 Å². The van der Waals surface area contributed by atoms with Gasteiger partial charge in [-0.05, 0) is 19.1 Å². The Balaban J connectivity index is 3.09. The van der Waals surface area contributed by atoms with E-state index < -0.39 is 10.7 Å². The monoisotopic (exact) mass is 184 g/mol. The Labute approximate surface area is 72.0 Å². The van der Waals surface area contributed by atoms with Gasteiger partial charge in [0.15, 0.2) is 16.5 Å². The molecule has 1 aromatic rings. The fourth-order valence-electron chi connectivity index (χ4n) is 0.818. The van der Waals surface area contributed by atoms with Gasteiger partial charge in [-0.1, -0.05) is 12.1 Å². The van der Waals surface area contributed by atoms with Crippen LogP contribution in [-0.4, -0.2) is 14.2 Å². The molecule has 12 heavy (non-hydrogen) atoms. The van der Waals surface area contributed by atoms with Gasteiger partial charge < -0.3 is 0 Å². The molecule has 0 spiro atoms. The SMILES string of the molecule is CC(=O)c1ccc([SH](=O)=O)cc1. The molecular formula is C8H8O3S. The topological polar surface area (TPSA) is 51.2 Å². The van der Waals surface area contributed by atoms with Crippen molar-refractivity contribution in [1.82, 2.24) is 0 Å². The summed E-state index contributed by atoms with van der Waals surface area (Å²) in [5.41, 5.74) is 0.524. The van der Waals surface area contributed by atoms with Crippen LogP contribution in [0, 0.1) is 0 Å². The summed E-state index contributed by atoms with van der Waals surface area (Å²) in [5.74, 6) is -0.0670. The Kier molecular flexibility index (Phi) is 2.60. The largest absolute Gasteiger partial charge is 0.295 e. The molecule has 0 atom stereocenters. The van der Waals surface area contributed by atoms with Gasteiger partial charge in [0.05, 0.1) is 4.90 Å². The third-order valence-corrected chi connectivity index (χ3v) is 2.20. The van der Waals surface area contributed by atoms with E-state index in [9.17, 15) is 13.2 Å². The van der Waals surface area contributed by atoms with Gasteiger partial charge in [-0.15, -0.1) is 0 Å². The Morgan fingerprint density at radius 2 is 1.67 bits per heavy atom. The number of hydrogen-bond donors (Lipinski definition) is 1. The first kappa shape index (κ1) is 8.93. The highest BCUT2D eigenvalue weighted by Gasteiger charge is 1.98. The molecule has 0 N–H and O–H groups in total. The van der Waals surface area contributed by atoms with E-state index in [-0.39, 0.29) is 10.7 Å². The van der Waals surface area contributed by atoms with E-state index in [1.54, 1.807) is 0 Å². The lowest BCUT2D eigenvalue weighted by atomic mass is 10.2. The van der Waals surface area contributed by atoms with Crippen LogP contribution >= 0.6 is 0 Å². The molecule has 0 aliphatic rings. The number of rotatable bonds is 2. The summed E-state index contributed by atoms with van der Waals surface area (Å²) in [5, 5.41) is 0. The van der Waals surface area contributed by atoms with Crippen LogP contribution < -0.4 is 0 Å². The van der Waals surface area contributed by atoms with Gasteiger partial charge >= 0.3 is 0 Å². The zero-order valence-electron chi connectivity index (χ0n) is 6.48. The number of hydrogen-bond acceptors (Lipinski definition) is 3. The molecule has 0 aliphatic carbocycles. The molecule has 64 valence electrons. The molecule has 1 aromatic carbocycles. The van der Waals surface area contributed by atoms with Crippen LogP contribution in [0.15, 0.2) is 29.2 Å². The van der Waals surface area contributed by atoms with Gasteiger partial charge in [0, 0.05) is 5.56 Å². The molecule has 0 amide bonds. The molecule has 0 radical (unpaired) electrons. The van der Waals surface area contributed by atoms with Crippen molar-refractivity contribution in [2.75, 3.05) is 0 Å². The van der Waals surface area contributed by atoms with Crippen molar-refractivity contribution < 1.29 is 13.2 Å². The summed E-state index contributed by atoms with van der Waals surface area (Å²) in [6, 6.07) is 5.84. The van der Waals surface area contributed by atoms with Crippen LogP contribution in [0.25, 0.3) is 0 Å². The maximum Gasteiger partial charge on any atom is 0.168 e. The van der Waals surface area contributed by atoms with Gasteiger partial charge in [-0.2, -0.15) is 0 Å². The minimum Gasteiger partial charge on any atom is -0.295 e. The van der Waals surface area contributed by atoms with Crippen molar-refractivity contribution >= 4 is 16.5 Å². The summed E-state index contributed by atoms with van der Waals surface area (Å²) >= 11 is 0. The maximum atomic E-state index is 10.8. The minimum absolute atomic E-state index is 0.0670. The fourth-order valence-corrected chi connectivity index (χ4v) is 1.21. The van der Waals surface area contributed by atoms with Crippen molar-refractivity contribution in [2.45, 2.75) is 11.8 Å². The maximum absolute atomic E-state index is 10.8. The smallest absolute Gasteiger partial charge is 0.168 e. The van der Waals surface area contributed by atoms with Crippen molar-refractivity contribution in [2.24, 2.45) is 0 Å². The van der Waals surface area contributed by atoms with E-state index in [1.165, 1.54) is 31.2 Å². The van der Waals surface area contributed by atoms with Crippen LogP contribution in [0.4, 0.5) is 0 Å². The van der Waals surface area contributed by atoms with Gasteiger partial charge in [-0.25, -0.2) is 8.42 Å². The van der Waals surface area contributed by atoms with Crippen LogP contribution in [0.2, 0.25) is 0 Å². The molecule has 0 heterocycles. The molecular weight excluding hydrogens is 176 g/mol. The molecule has 0 fully saturated rings. The molecule has 0 unspecified atom stereocenters. The lowest BCUT2D eigenvalue weighted by Gasteiger charge is -1.93. The first-order valence-corrected chi connectivity index (χ1v) is 4.54. The Morgan fingerprint density at radius 1 is 1.17 bits per heavy atom. The van der Waals surface area contributed by atoms with Gasteiger partial charge in [0.2, 0.25) is 0 Å². The molecule has 3 nitrogen and oxygen atoms in total. The molecule has 0 bridgehead atoms. The lowest BCUT2D eigenvalue weighted by molar-refractivity contribution is 0.101. The second kappa shape index (κ2) is 3.49. The normalized spacial score (nSPS) is 10.2. The molecule has 0 aromatic heterocycles. The van der Waals surface area contributed by atoms with Gasteiger partial charge in [0.1, 0.15) is 0 Å². The summed E-state index contributed by atoms with van der Waals surface area (Å²) < 4.78 is 20.9. The molecule has 0 saturated heterocycles. The van der Waals surface area contributed by atoms with E-state index in [0.717, 1.165) is 0 Å². The second-order valence-electron chi connectivity index (χ2n) is 2.36. The van der Waals surface area contributed by atoms with Crippen molar-refractivity contribution in [3.8, 4) is 0 Å². The fraction of sp³-hybridized carbons (Fsp3) is 0.125. The van der Waals surface area contributed by atoms with Crippen LogP contribution in [-0.2, 0) is 10.7 Å². The van der Waals surface area contributed by atoms with E-state index in [1.807, 2.05) is 0 Å². The van der Waals surface area contributed by atoms with Gasteiger partial charge in [0.25, 0.3) is 0 Å². The summed E-state index contributed by atoms with van der Waals surface area (Å²) in [7, 11) is -2.54. The zero-order valence-corrected chi connectivity index (χ0v) is 7.38. The van der Waals surface area contributed by atoms with E-state index in [2.05, 4.69) is 0 Å². The van der Waals surface area contributed by atoms with Crippen molar-refractivity contribution in [3.63, 3.8) is 0 Å². The quantitative estimate of drug-likeness (QED) is 0.548. The Morgan fingerprint density at radius 3 is 2.00 bits per heavy atom. The Bertz CT molecular complexity index is 354. The van der Waals surface area contributed by atoms with Crippen LogP contribution in [0.3, 0.4) is 0 Å². The third kappa shape index (κ3) is 1.92. The number of carbonyl (C=O) groups excluding carboxylic acids is 1. The first-order chi connectivity index (χ1) is 5.61. The molecule has 4 heteroatoms. The molecule has 0 aliphatic heterocycles. The Hall–Kier alpha value is -1.16. The van der Waals surface area contributed by atoms with Crippen LogP contribution in [0.5, 0.6) is 0 Å². The van der Waals surface area contributed by atoms with Gasteiger partial charge in [-0.3, -0.25) is 4.79 Å². The van der Waals surface area contributed by atoms with Crippen molar-refractivity contribution in [3.05, 3.63) is 29.8 Å². The predicted octanol–water partition coefficient (Wildman–Crippen LogP) is 0.860. The minimum atomic E-state index is -2.54. The number of Topliss-reactive ketones (excluding diaryl/α,β-unsaturated/α-hetero) is 1.